The summed E-state index contributed by atoms with van der Waals surface area (Å²) in [7, 11) is 0. The van der Waals surface area contributed by atoms with Crippen LogP contribution in [0.2, 0.25) is 0 Å². The third-order valence-corrected chi connectivity index (χ3v) is 4.76. The molecule has 1 aromatic heterocycles. The van der Waals surface area contributed by atoms with Crippen molar-refractivity contribution in [1.82, 2.24) is 20.4 Å². The van der Waals surface area contributed by atoms with Crippen LogP contribution in [0.4, 0.5) is 0 Å². The molecule has 0 bridgehead atoms. The Labute approximate surface area is 144 Å². The number of aromatic amines is 1. The van der Waals surface area contributed by atoms with E-state index in [0.29, 0.717) is 37.5 Å². The maximum Gasteiger partial charge on any atom is 0.290 e. The fourth-order valence-electron chi connectivity index (χ4n) is 3.51. The molecule has 25 heavy (non-hydrogen) atoms. The lowest BCUT2D eigenvalue weighted by Crippen LogP contribution is -2.40. The average molecular weight is 341 g/mol. The van der Waals surface area contributed by atoms with E-state index >= 15 is 0 Å². The molecule has 0 radical (unpaired) electrons. The van der Waals surface area contributed by atoms with E-state index in [1.54, 1.807) is 5.48 Å². The number of hydrogen-bond acceptors (Lipinski definition) is 5. The molecule has 1 atom stereocenters. The molecular formula is C17H19N5O3. The molecule has 2 amide bonds. The average Bonchev–Trinajstić information content (AvgIpc) is 3.19. The van der Waals surface area contributed by atoms with Crippen LogP contribution in [0, 0.1) is 0 Å². The summed E-state index contributed by atoms with van der Waals surface area (Å²) in [4.78, 5) is 29.5. The molecule has 8 heteroatoms. The Kier molecular flexibility index (Phi) is 3.89. The zero-order chi connectivity index (χ0) is 17.4. The van der Waals surface area contributed by atoms with E-state index in [-0.39, 0.29) is 11.9 Å². The smallest absolute Gasteiger partial charge is 0.290 e. The van der Waals surface area contributed by atoms with E-state index in [9.17, 15) is 9.59 Å². The predicted molar refractivity (Wildman–Crippen MR) is 91.3 cm³/mol. The number of H-pyrrole nitrogens is 1. The molecule has 1 saturated heterocycles. The molecule has 2 aliphatic rings. The SMILES string of the molecule is O=C(NO)C1=NN2CCCN(C(=O)c3cc4ccccc4[nH]3)CC2C1. The third-order valence-electron chi connectivity index (χ3n) is 4.76. The highest BCUT2D eigenvalue weighted by atomic mass is 16.5. The van der Waals surface area contributed by atoms with E-state index in [2.05, 4.69) is 10.1 Å². The van der Waals surface area contributed by atoms with E-state index in [4.69, 9.17) is 5.21 Å². The molecule has 8 nitrogen and oxygen atoms in total. The number of rotatable bonds is 2. The Morgan fingerprint density at radius 2 is 2.12 bits per heavy atom. The predicted octanol–water partition coefficient (Wildman–Crippen LogP) is 0.949. The Morgan fingerprint density at radius 3 is 2.92 bits per heavy atom. The molecule has 3 heterocycles. The van der Waals surface area contributed by atoms with Gasteiger partial charge in [-0.25, -0.2) is 5.48 Å². The molecule has 0 aliphatic carbocycles. The molecular weight excluding hydrogens is 322 g/mol. The second-order valence-electron chi connectivity index (χ2n) is 6.38. The summed E-state index contributed by atoms with van der Waals surface area (Å²) in [6.45, 7) is 1.83. The van der Waals surface area contributed by atoms with Gasteiger partial charge in [0.1, 0.15) is 11.4 Å². The molecule has 3 N–H and O–H groups in total. The first-order valence-corrected chi connectivity index (χ1v) is 8.31. The largest absolute Gasteiger partial charge is 0.351 e. The summed E-state index contributed by atoms with van der Waals surface area (Å²) in [5.41, 5.74) is 3.43. The summed E-state index contributed by atoms with van der Waals surface area (Å²) in [5, 5.41) is 15.9. The second kappa shape index (κ2) is 6.21. The van der Waals surface area contributed by atoms with Crippen LogP contribution in [0.3, 0.4) is 0 Å². The minimum Gasteiger partial charge on any atom is -0.351 e. The summed E-state index contributed by atoms with van der Waals surface area (Å²) in [5.74, 6) is -0.625. The van der Waals surface area contributed by atoms with Crippen molar-refractivity contribution >= 4 is 28.4 Å². The van der Waals surface area contributed by atoms with Crippen molar-refractivity contribution in [3.8, 4) is 0 Å². The summed E-state index contributed by atoms with van der Waals surface area (Å²) < 4.78 is 0. The van der Waals surface area contributed by atoms with Gasteiger partial charge >= 0.3 is 0 Å². The molecule has 0 saturated carbocycles. The first-order chi connectivity index (χ1) is 12.2. The van der Waals surface area contributed by atoms with Crippen LogP contribution in [0.1, 0.15) is 23.3 Å². The molecule has 130 valence electrons. The number of fused-ring (bicyclic) bond motifs is 2. The highest BCUT2D eigenvalue weighted by Gasteiger charge is 2.34. The van der Waals surface area contributed by atoms with E-state index in [0.717, 1.165) is 17.3 Å². The summed E-state index contributed by atoms with van der Waals surface area (Å²) in [6, 6.07) is 9.62. The maximum atomic E-state index is 12.9. The first-order valence-electron chi connectivity index (χ1n) is 8.31. The van der Waals surface area contributed by atoms with Crippen molar-refractivity contribution in [3.05, 3.63) is 36.0 Å². The lowest BCUT2D eigenvalue weighted by molar-refractivity contribution is -0.122. The van der Waals surface area contributed by atoms with Gasteiger partial charge in [0.15, 0.2) is 0 Å². The Morgan fingerprint density at radius 1 is 1.28 bits per heavy atom. The Bertz CT molecular complexity index is 826. The molecule has 0 spiro atoms. The number of hydrazone groups is 1. The van der Waals surface area contributed by atoms with Crippen molar-refractivity contribution in [2.45, 2.75) is 18.9 Å². The van der Waals surface area contributed by atoms with Crippen LogP contribution < -0.4 is 5.48 Å². The van der Waals surface area contributed by atoms with Gasteiger partial charge < -0.3 is 9.88 Å². The number of hydroxylamine groups is 1. The minimum absolute atomic E-state index is 0.0388. The zero-order valence-electron chi connectivity index (χ0n) is 13.6. The molecule has 2 aromatic rings. The van der Waals surface area contributed by atoms with E-state index < -0.39 is 5.91 Å². The molecule has 1 fully saturated rings. The standard InChI is InChI=1S/C17H19N5O3/c23-16(20-25)14-9-12-10-21(6-3-7-22(12)19-14)17(24)15-8-11-4-1-2-5-13(11)18-15/h1-2,4-5,8,12,18,25H,3,6-7,9-10H2,(H,20,23). The van der Waals surface area contributed by atoms with Gasteiger partial charge in [-0.15, -0.1) is 0 Å². The topological polar surface area (TPSA) is 101 Å². The number of carbonyl (C=O) groups excluding carboxylic acids is 2. The number of amides is 2. The van der Waals surface area contributed by atoms with Crippen LogP contribution in [-0.2, 0) is 4.79 Å². The van der Waals surface area contributed by atoms with Crippen LogP contribution in [-0.4, -0.2) is 63.3 Å². The van der Waals surface area contributed by atoms with Gasteiger partial charge in [0.05, 0.1) is 6.04 Å². The molecule has 2 aliphatic heterocycles. The van der Waals surface area contributed by atoms with Gasteiger partial charge in [-0.05, 0) is 18.6 Å². The maximum absolute atomic E-state index is 12.9. The monoisotopic (exact) mass is 341 g/mol. The van der Waals surface area contributed by atoms with Gasteiger partial charge in [-0.2, -0.15) is 5.10 Å². The van der Waals surface area contributed by atoms with Crippen molar-refractivity contribution in [2.24, 2.45) is 5.10 Å². The van der Waals surface area contributed by atoms with Gasteiger partial charge in [-0.3, -0.25) is 19.8 Å². The van der Waals surface area contributed by atoms with E-state index in [1.807, 2.05) is 40.2 Å². The van der Waals surface area contributed by atoms with Crippen LogP contribution in [0.15, 0.2) is 35.4 Å². The number of benzene rings is 1. The first kappa shape index (κ1) is 15.6. The van der Waals surface area contributed by atoms with Crippen molar-refractivity contribution in [3.63, 3.8) is 0 Å². The van der Waals surface area contributed by atoms with Gasteiger partial charge in [0, 0.05) is 37.0 Å². The number of hydrogen-bond donors (Lipinski definition) is 3. The van der Waals surface area contributed by atoms with E-state index in [1.165, 1.54) is 0 Å². The number of aromatic nitrogens is 1. The number of para-hydroxylation sites is 1. The normalized spacial score (nSPS) is 20.2. The fraction of sp³-hybridized carbons (Fsp3) is 0.353. The summed E-state index contributed by atoms with van der Waals surface area (Å²) >= 11 is 0. The van der Waals surface area contributed by atoms with Gasteiger partial charge in [-0.1, -0.05) is 18.2 Å². The second-order valence-corrected chi connectivity index (χ2v) is 6.38. The van der Waals surface area contributed by atoms with Crippen molar-refractivity contribution in [2.75, 3.05) is 19.6 Å². The lowest BCUT2D eigenvalue weighted by Gasteiger charge is -2.24. The van der Waals surface area contributed by atoms with Crippen molar-refractivity contribution in [1.29, 1.82) is 0 Å². The molecule has 1 unspecified atom stereocenters. The van der Waals surface area contributed by atoms with Gasteiger partial charge in [0.2, 0.25) is 0 Å². The number of nitrogens with one attached hydrogen (secondary N) is 2. The van der Waals surface area contributed by atoms with Crippen LogP contribution >= 0.6 is 0 Å². The van der Waals surface area contributed by atoms with Crippen LogP contribution in [0.25, 0.3) is 10.9 Å². The van der Waals surface area contributed by atoms with Crippen LogP contribution in [0.5, 0.6) is 0 Å². The quantitative estimate of drug-likeness (QED) is 0.559. The zero-order valence-corrected chi connectivity index (χ0v) is 13.6. The Hall–Kier alpha value is -2.87. The van der Waals surface area contributed by atoms with Gasteiger partial charge in [0.25, 0.3) is 11.8 Å². The highest BCUT2D eigenvalue weighted by molar-refractivity contribution is 6.39. The third kappa shape index (κ3) is 2.85. The lowest BCUT2D eigenvalue weighted by atomic mass is 10.1. The minimum atomic E-state index is -0.582. The number of nitrogens with zero attached hydrogens (tertiary/aromatic N) is 3. The van der Waals surface area contributed by atoms with Crippen molar-refractivity contribution < 1.29 is 14.8 Å². The summed E-state index contributed by atoms with van der Waals surface area (Å²) in [6.07, 6.45) is 1.20. The number of carbonyl (C=O) groups is 2. The molecule has 4 rings (SSSR count). The fourth-order valence-corrected chi connectivity index (χ4v) is 3.51. The molecule has 1 aromatic carbocycles. The highest BCUT2D eigenvalue weighted by Crippen LogP contribution is 2.22. The Balaban J connectivity index is 1.52.